The van der Waals surface area contributed by atoms with Gasteiger partial charge in [-0.1, -0.05) is 27.7 Å². The van der Waals surface area contributed by atoms with Crippen molar-refractivity contribution in [1.82, 2.24) is 4.90 Å². The Kier molecular flexibility index (Phi) is 10.3. The SMILES string of the molecule is CO[C@H]([C@H](C)O[Si](C)(C)C(C)(C)C)[C@@H](C)/C=C\OC(=O)N(C(C)C)C(C)C. The van der Waals surface area contributed by atoms with Crippen LogP contribution >= 0.6 is 0 Å². The lowest BCUT2D eigenvalue weighted by Gasteiger charge is -2.40. The molecule has 0 aromatic carbocycles. The van der Waals surface area contributed by atoms with Crippen molar-refractivity contribution >= 4 is 14.4 Å². The van der Waals surface area contributed by atoms with Gasteiger partial charge in [0.25, 0.3) is 0 Å². The Morgan fingerprint density at radius 1 is 1.00 bits per heavy atom. The average molecular weight is 402 g/mol. The minimum atomic E-state index is -1.88. The molecule has 0 unspecified atom stereocenters. The molecule has 160 valence electrons. The number of carbonyl (C=O) groups excluding carboxylic acids is 1. The predicted octanol–water partition coefficient (Wildman–Crippen LogP) is 5.82. The number of hydrogen-bond acceptors (Lipinski definition) is 4. The van der Waals surface area contributed by atoms with Crippen LogP contribution in [0.5, 0.6) is 0 Å². The normalized spacial score (nSPS) is 16.7. The van der Waals surface area contributed by atoms with Gasteiger partial charge >= 0.3 is 6.09 Å². The van der Waals surface area contributed by atoms with E-state index in [0.29, 0.717) is 0 Å². The predicted molar refractivity (Wildman–Crippen MR) is 115 cm³/mol. The largest absolute Gasteiger partial charge is 0.418 e. The van der Waals surface area contributed by atoms with Gasteiger partial charge in [-0.15, -0.1) is 0 Å². The molecule has 0 fully saturated rings. The Labute approximate surface area is 168 Å². The van der Waals surface area contributed by atoms with Crippen molar-refractivity contribution in [3.05, 3.63) is 12.3 Å². The molecule has 1 amide bonds. The highest BCUT2D eigenvalue weighted by atomic mass is 28.4. The third-order valence-electron chi connectivity index (χ3n) is 5.41. The van der Waals surface area contributed by atoms with E-state index in [1.54, 1.807) is 12.0 Å². The van der Waals surface area contributed by atoms with Crippen LogP contribution in [0.3, 0.4) is 0 Å². The summed E-state index contributed by atoms with van der Waals surface area (Å²) in [5, 5.41) is 0.144. The molecule has 0 aromatic heterocycles. The van der Waals surface area contributed by atoms with E-state index in [9.17, 15) is 4.79 Å². The molecular weight excluding hydrogens is 358 g/mol. The first-order valence-corrected chi connectivity index (χ1v) is 12.9. The molecule has 27 heavy (non-hydrogen) atoms. The molecule has 0 saturated carbocycles. The molecule has 0 aliphatic heterocycles. The smallest absolute Gasteiger partial charge is 0.415 e. The van der Waals surface area contributed by atoms with E-state index >= 15 is 0 Å². The highest BCUT2D eigenvalue weighted by molar-refractivity contribution is 6.74. The number of carbonyl (C=O) groups is 1. The summed E-state index contributed by atoms with van der Waals surface area (Å²) in [4.78, 5) is 14.0. The zero-order valence-electron chi connectivity index (χ0n) is 19.6. The van der Waals surface area contributed by atoms with Crippen LogP contribution in [0.25, 0.3) is 0 Å². The maximum absolute atomic E-state index is 12.3. The highest BCUT2D eigenvalue weighted by Crippen LogP contribution is 2.38. The van der Waals surface area contributed by atoms with Crippen molar-refractivity contribution in [2.75, 3.05) is 7.11 Å². The second-order valence-corrected chi connectivity index (χ2v) is 14.2. The molecule has 0 aromatic rings. The Balaban J connectivity index is 4.96. The van der Waals surface area contributed by atoms with E-state index in [1.165, 1.54) is 6.26 Å². The van der Waals surface area contributed by atoms with Gasteiger partial charge in [0.15, 0.2) is 8.32 Å². The molecule has 0 saturated heterocycles. The summed E-state index contributed by atoms with van der Waals surface area (Å²) in [5.41, 5.74) is 0. The maximum Gasteiger partial charge on any atom is 0.415 e. The van der Waals surface area contributed by atoms with Crippen LogP contribution in [0, 0.1) is 5.92 Å². The van der Waals surface area contributed by atoms with Gasteiger partial charge in [-0.3, -0.25) is 0 Å². The Hall–Kier alpha value is -0.853. The van der Waals surface area contributed by atoms with Crippen LogP contribution in [0.1, 0.15) is 62.3 Å². The van der Waals surface area contributed by atoms with Gasteiger partial charge in [-0.25, -0.2) is 4.79 Å². The first kappa shape index (κ1) is 26.1. The first-order valence-electron chi connectivity index (χ1n) is 10.0. The summed E-state index contributed by atoms with van der Waals surface area (Å²) in [7, 11) is -0.178. The molecule has 3 atom stereocenters. The van der Waals surface area contributed by atoms with Crippen molar-refractivity contribution in [1.29, 1.82) is 0 Å². The quantitative estimate of drug-likeness (QED) is 0.361. The molecule has 0 N–H and O–H groups in total. The summed E-state index contributed by atoms with van der Waals surface area (Å²) in [6, 6.07) is 0.182. The van der Waals surface area contributed by atoms with Crippen molar-refractivity contribution in [3.8, 4) is 0 Å². The summed E-state index contributed by atoms with van der Waals surface area (Å²) in [5.74, 6) is 0.0501. The van der Waals surface area contributed by atoms with Crippen molar-refractivity contribution < 1.29 is 18.7 Å². The zero-order chi connectivity index (χ0) is 21.6. The number of ether oxygens (including phenoxy) is 2. The van der Waals surface area contributed by atoms with Gasteiger partial charge in [-0.05, 0) is 58.8 Å². The van der Waals surface area contributed by atoms with Crippen molar-refractivity contribution in [2.45, 2.75) is 105 Å². The van der Waals surface area contributed by atoms with Gasteiger partial charge in [0, 0.05) is 25.1 Å². The van der Waals surface area contributed by atoms with Crippen LogP contribution in [0.2, 0.25) is 18.1 Å². The fraction of sp³-hybridized carbons (Fsp3) is 0.857. The molecule has 0 bridgehead atoms. The molecule has 0 spiro atoms. The summed E-state index contributed by atoms with van der Waals surface area (Å²) >= 11 is 0. The lowest BCUT2D eigenvalue weighted by Crippen LogP contribution is -2.47. The lowest BCUT2D eigenvalue weighted by atomic mass is 10.0. The van der Waals surface area contributed by atoms with E-state index in [4.69, 9.17) is 13.9 Å². The maximum atomic E-state index is 12.3. The molecule has 5 nitrogen and oxygen atoms in total. The topological polar surface area (TPSA) is 48.0 Å². The van der Waals surface area contributed by atoms with Gasteiger partial charge in [-0.2, -0.15) is 0 Å². The van der Waals surface area contributed by atoms with Gasteiger partial charge < -0.3 is 18.8 Å². The highest BCUT2D eigenvalue weighted by Gasteiger charge is 2.40. The number of hydrogen-bond donors (Lipinski definition) is 0. The molecule has 0 radical (unpaired) electrons. The Morgan fingerprint density at radius 2 is 1.48 bits per heavy atom. The molecule has 0 aliphatic carbocycles. The Morgan fingerprint density at radius 3 is 1.85 bits per heavy atom. The van der Waals surface area contributed by atoms with E-state index < -0.39 is 8.32 Å². The fourth-order valence-electron chi connectivity index (χ4n) is 2.95. The standard InChI is InChI=1S/C21H43NO4Si/c1-15(2)22(16(3)4)20(23)25-14-13-17(5)19(24-10)18(6)26-27(11,12)21(7,8)9/h13-19H,1-12H3/b14-13-/t17-,18-,19-/m0/s1. The molecule has 0 aliphatic rings. The van der Waals surface area contributed by atoms with E-state index in [-0.39, 0.29) is 41.3 Å². The number of rotatable bonds is 9. The monoisotopic (exact) mass is 401 g/mol. The first-order chi connectivity index (χ1) is 12.2. The third kappa shape index (κ3) is 7.96. The van der Waals surface area contributed by atoms with Gasteiger partial charge in [0.1, 0.15) is 0 Å². The van der Waals surface area contributed by atoms with Crippen LogP contribution < -0.4 is 0 Å². The lowest BCUT2D eigenvalue weighted by molar-refractivity contribution is -0.0165. The number of methoxy groups -OCH3 is 1. The average Bonchev–Trinajstić information content (AvgIpc) is 2.45. The van der Waals surface area contributed by atoms with Gasteiger partial charge in [0.2, 0.25) is 0 Å². The zero-order valence-corrected chi connectivity index (χ0v) is 20.6. The minimum absolute atomic E-state index is 0.0472. The Bertz CT molecular complexity index is 475. The second kappa shape index (κ2) is 10.6. The summed E-state index contributed by atoms with van der Waals surface area (Å²) in [6.07, 6.45) is 2.86. The molecular formula is C21H43NO4Si. The third-order valence-corrected chi connectivity index (χ3v) is 9.99. The second-order valence-electron chi connectivity index (χ2n) is 9.45. The minimum Gasteiger partial charge on any atom is -0.418 e. The van der Waals surface area contributed by atoms with Crippen LogP contribution in [-0.4, -0.2) is 50.7 Å². The fourth-order valence-corrected chi connectivity index (χ4v) is 4.37. The summed E-state index contributed by atoms with van der Waals surface area (Å²) in [6.45, 7) is 23.2. The van der Waals surface area contributed by atoms with E-state index in [0.717, 1.165) is 0 Å². The number of nitrogens with zero attached hydrogens (tertiary/aromatic N) is 1. The van der Waals surface area contributed by atoms with Crippen LogP contribution in [-0.2, 0) is 13.9 Å². The summed E-state index contributed by atoms with van der Waals surface area (Å²) < 4.78 is 17.5. The van der Waals surface area contributed by atoms with Crippen molar-refractivity contribution in [2.24, 2.45) is 5.92 Å². The van der Waals surface area contributed by atoms with E-state index in [1.807, 2.05) is 40.7 Å². The molecule has 6 heteroatoms. The number of amides is 1. The van der Waals surface area contributed by atoms with E-state index in [2.05, 4.69) is 40.8 Å². The molecule has 0 heterocycles. The molecule has 0 rings (SSSR count). The van der Waals surface area contributed by atoms with Gasteiger partial charge in [0.05, 0.1) is 18.5 Å². The van der Waals surface area contributed by atoms with Crippen LogP contribution in [0.4, 0.5) is 4.79 Å². The van der Waals surface area contributed by atoms with Crippen LogP contribution in [0.15, 0.2) is 12.3 Å². The van der Waals surface area contributed by atoms with Crippen molar-refractivity contribution in [3.63, 3.8) is 0 Å².